The van der Waals surface area contributed by atoms with Gasteiger partial charge in [-0.2, -0.15) is 0 Å². The maximum absolute atomic E-state index is 14.6. The van der Waals surface area contributed by atoms with Crippen molar-refractivity contribution in [2.45, 2.75) is 26.8 Å². The minimum Gasteiger partial charge on any atom is -0.478 e. The molecular weight excluding hydrogens is 449 g/mol. The minimum absolute atomic E-state index is 0.0852. The van der Waals surface area contributed by atoms with Crippen molar-refractivity contribution in [3.63, 3.8) is 0 Å². The summed E-state index contributed by atoms with van der Waals surface area (Å²) in [6, 6.07) is 12.0. The van der Waals surface area contributed by atoms with Crippen molar-refractivity contribution >= 4 is 28.3 Å². The molecule has 3 heterocycles. The van der Waals surface area contributed by atoms with Crippen LogP contribution in [-0.4, -0.2) is 20.5 Å². The Morgan fingerprint density at radius 1 is 1.14 bits per heavy atom. The van der Waals surface area contributed by atoms with Crippen molar-refractivity contribution in [1.29, 1.82) is 0 Å². The number of nitrogens with zero attached hydrogens (tertiary/aromatic N) is 2. The van der Waals surface area contributed by atoms with Gasteiger partial charge in [0.25, 0.3) is 0 Å². The van der Waals surface area contributed by atoms with E-state index in [1.54, 1.807) is 32.0 Å². The van der Waals surface area contributed by atoms with E-state index in [4.69, 9.17) is 4.42 Å². The van der Waals surface area contributed by atoms with Crippen molar-refractivity contribution in [3.05, 3.63) is 99.3 Å². The lowest BCUT2D eigenvalue weighted by Crippen LogP contribution is -2.14. The summed E-state index contributed by atoms with van der Waals surface area (Å²) in [5.41, 5.74) is 3.44. The fraction of sp³-hybridized carbons (Fsp3) is 0.148. The molecule has 0 bridgehead atoms. The molecule has 176 valence electrons. The van der Waals surface area contributed by atoms with Gasteiger partial charge in [-0.15, -0.1) is 0 Å². The number of pyridine rings is 1. The Kier molecular flexibility index (Phi) is 5.36. The second-order valence-electron chi connectivity index (χ2n) is 8.54. The van der Waals surface area contributed by atoms with Crippen LogP contribution < -0.4 is 10.7 Å². The monoisotopic (exact) mass is 471 g/mol. The molecule has 0 saturated heterocycles. The van der Waals surface area contributed by atoms with Crippen molar-refractivity contribution in [2.24, 2.45) is 0 Å². The summed E-state index contributed by atoms with van der Waals surface area (Å²) < 4.78 is 22.7. The highest BCUT2D eigenvalue weighted by Gasteiger charge is 2.21. The summed E-state index contributed by atoms with van der Waals surface area (Å²) in [6.07, 6.45) is 3.71. The van der Waals surface area contributed by atoms with E-state index in [2.05, 4.69) is 10.3 Å². The van der Waals surface area contributed by atoms with E-state index in [-0.39, 0.29) is 22.0 Å². The van der Waals surface area contributed by atoms with Gasteiger partial charge in [0.05, 0.1) is 22.7 Å². The molecule has 0 aliphatic heterocycles. The van der Waals surface area contributed by atoms with Gasteiger partial charge in [0.15, 0.2) is 5.43 Å². The maximum Gasteiger partial charge on any atom is 0.337 e. The van der Waals surface area contributed by atoms with Crippen molar-refractivity contribution in [1.82, 2.24) is 9.38 Å². The largest absolute Gasteiger partial charge is 0.478 e. The summed E-state index contributed by atoms with van der Waals surface area (Å²) in [6.45, 7) is 5.30. The van der Waals surface area contributed by atoms with E-state index < -0.39 is 17.8 Å². The number of aromatic carboxylic acids is 1. The first-order valence-corrected chi connectivity index (χ1v) is 11.0. The van der Waals surface area contributed by atoms with Crippen LogP contribution in [-0.2, 0) is 0 Å². The fourth-order valence-electron chi connectivity index (χ4n) is 4.34. The SMILES string of the molecule is Cc1cn2cc(-c3oc4c([C@@H](C)Nc5ccccc5C(=O)O)cc(F)cc4c(=O)c3C)ccc2n1. The number of rotatable bonds is 5. The molecule has 0 aliphatic carbocycles. The average Bonchev–Trinajstić information content (AvgIpc) is 3.20. The lowest BCUT2D eigenvalue weighted by atomic mass is 10.0. The van der Waals surface area contributed by atoms with Crippen LogP contribution >= 0.6 is 0 Å². The van der Waals surface area contributed by atoms with Gasteiger partial charge in [0.2, 0.25) is 0 Å². The molecule has 1 atom stereocenters. The molecule has 0 amide bonds. The highest BCUT2D eigenvalue weighted by molar-refractivity contribution is 5.94. The van der Waals surface area contributed by atoms with E-state index in [1.807, 2.05) is 35.9 Å². The highest BCUT2D eigenvalue weighted by Crippen LogP contribution is 2.32. The smallest absolute Gasteiger partial charge is 0.337 e. The number of carboxylic acids is 1. The minimum atomic E-state index is -1.08. The second kappa shape index (κ2) is 8.39. The van der Waals surface area contributed by atoms with Crippen LogP contribution in [0.3, 0.4) is 0 Å². The van der Waals surface area contributed by atoms with Gasteiger partial charge in [-0.25, -0.2) is 14.2 Å². The van der Waals surface area contributed by atoms with Crippen molar-refractivity contribution < 1.29 is 18.7 Å². The molecule has 2 N–H and O–H groups in total. The van der Waals surface area contributed by atoms with Gasteiger partial charge in [0.1, 0.15) is 22.8 Å². The van der Waals surface area contributed by atoms with Gasteiger partial charge in [-0.05, 0) is 57.2 Å². The third-order valence-corrected chi connectivity index (χ3v) is 6.04. The van der Waals surface area contributed by atoms with Gasteiger partial charge in [-0.3, -0.25) is 4.79 Å². The normalized spacial score (nSPS) is 12.2. The number of anilines is 1. The number of para-hydroxylation sites is 1. The number of halogens is 1. The molecule has 0 spiro atoms. The van der Waals surface area contributed by atoms with E-state index in [1.165, 1.54) is 18.2 Å². The van der Waals surface area contributed by atoms with Gasteiger partial charge >= 0.3 is 5.97 Å². The van der Waals surface area contributed by atoms with Gasteiger partial charge in [0, 0.05) is 34.8 Å². The summed E-state index contributed by atoms with van der Waals surface area (Å²) >= 11 is 0. The molecule has 8 heteroatoms. The summed E-state index contributed by atoms with van der Waals surface area (Å²) in [4.78, 5) is 29.3. The Balaban J connectivity index is 1.68. The number of aryl methyl sites for hydroxylation is 1. The lowest BCUT2D eigenvalue weighted by molar-refractivity contribution is 0.0698. The molecule has 0 unspecified atom stereocenters. The van der Waals surface area contributed by atoms with Crippen LogP contribution in [0.1, 0.15) is 40.1 Å². The molecule has 7 nitrogen and oxygen atoms in total. The van der Waals surface area contributed by atoms with Crippen LogP contribution in [0.2, 0.25) is 0 Å². The standard InChI is InChI=1S/C27H22FN3O4/c1-14-12-31-13-17(8-9-23(31)29-14)25-15(2)24(32)21-11-18(28)10-20(26(21)35-25)16(3)30-22-7-5-4-6-19(22)27(33)34/h4-13,16,30H,1-3H3,(H,33,34)/t16-/m1/s1. The zero-order valence-corrected chi connectivity index (χ0v) is 19.3. The van der Waals surface area contributed by atoms with E-state index >= 15 is 0 Å². The Morgan fingerprint density at radius 2 is 1.91 bits per heavy atom. The molecule has 0 aliphatic rings. The van der Waals surface area contributed by atoms with Crippen LogP contribution in [0.5, 0.6) is 0 Å². The Hall–Kier alpha value is -4.46. The summed E-state index contributed by atoms with van der Waals surface area (Å²) in [5, 5.41) is 12.8. The number of aromatic nitrogens is 2. The molecule has 3 aromatic heterocycles. The molecular formula is C27H22FN3O4. The third-order valence-electron chi connectivity index (χ3n) is 6.04. The number of nitrogens with one attached hydrogen (secondary N) is 1. The Labute approximate surface area is 199 Å². The fourth-order valence-corrected chi connectivity index (χ4v) is 4.34. The van der Waals surface area contributed by atoms with Crippen molar-refractivity contribution in [3.8, 4) is 11.3 Å². The predicted molar refractivity (Wildman–Crippen MR) is 132 cm³/mol. The molecule has 0 fully saturated rings. The van der Waals surface area contributed by atoms with Gasteiger partial charge in [-0.1, -0.05) is 12.1 Å². The number of hydrogen-bond donors (Lipinski definition) is 2. The highest BCUT2D eigenvalue weighted by atomic mass is 19.1. The van der Waals surface area contributed by atoms with E-state index in [9.17, 15) is 19.1 Å². The number of benzene rings is 2. The van der Waals surface area contributed by atoms with Crippen molar-refractivity contribution in [2.75, 3.05) is 5.32 Å². The number of fused-ring (bicyclic) bond motifs is 2. The average molecular weight is 471 g/mol. The first kappa shape index (κ1) is 22.3. The quantitative estimate of drug-likeness (QED) is 0.340. The number of carbonyl (C=O) groups is 1. The van der Waals surface area contributed by atoms with E-state index in [0.29, 0.717) is 28.1 Å². The predicted octanol–water partition coefficient (Wildman–Crippen LogP) is 5.73. The zero-order chi connectivity index (χ0) is 24.9. The summed E-state index contributed by atoms with van der Waals surface area (Å²) in [5.74, 6) is -1.29. The van der Waals surface area contributed by atoms with E-state index in [0.717, 1.165) is 11.3 Å². The zero-order valence-electron chi connectivity index (χ0n) is 19.3. The third kappa shape index (κ3) is 3.93. The first-order chi connectivity index (χ1) is 16.7. The Morgan fingerprint density at radius 3 is 2.69 bits per heavy atom. The molecule has 0 radical (unpaired) electrons. The Bertz CT molecular complexity index is 1690. The number of carboxylic acid groups (broad SMARTS) is 1. The second-order valence-corrected chi connectivity index (χ2v) is 8.54. The lowest BCUT2D eigenvalue weighted by Gasteiger charge is -2.19. The molecule has 2 aromatic carbocycles. The first-order valence-electron chi connectivity index (χ1n) is 11.0. The summed E-state index contributed by atoms with van der Waals surface area (Å²) in [7, 11) is 0. The maximum atomic E-state index is 14.6. The van der Waals surface area contributed by atoms with Crippen LogP contribution in [0.25, 0.3) is 27.9 Å². The number of imidazole rings is 1. The molecule has 35 heavy (non-hydrogen) atoms. The number of hydrogen-bond acceptors (Lipinski definition) is 5. The van der Waals surface area contributed by atoms with Crippen LogP contribution in [0.15, 0.2) is 70.1 Å². The van der Waals surface area contributed by atoms with Crippen LogP contribution in [0.4, 0.5) is 10.1 Å². The topological polar surface area (TPSA) is 96.8 Å². The van der Waals surface area contributed by atoms with Gasteiger partial charge < -0.3 is 19.2 Å². The molecule has 5 aromatic rings. The molecule has 0 saturated carbocycles. The van der Waals surface area contributed by atoms with Crippen LogP contribution in [0, 0.1) is 19.7 Å². The molecule has 5 rings (SSSR count).